The van der Waals surface area contributed by atoms with Crippen molar-refractivity contribution in [1.29, 1.82) is 0 Å². The van der Waals surface area contributed by atoms with Gasteiger partial charge in [0.05, 0.1) is 0 Å². The van der Waals surface area contributed by atoms with Gasteiger partial charge in [0.15, 0.2) is 0 Å². The average molecular weight is 290 g/mol. The Balaban J connectivity index is 1.87. The molecule has 20 heavy (non-hydrogen) atoms. The van der Waals surface area contributed by atoms with Gasteiger partial charge >= 0.3 is 0 Å². The maximum atomic E-state index is 13.9. The predicted molar refractivity (Wildman–Crippen MR) is 80.6 cm³/mol. The molecule has 2 aromatic rings. The van der Waals surface area contributed by atoms with E-state index in [1.807, 2.05) is 7.05 Å². The van der Waals surface area contributed by atoms with Crippen molar-refractivity contribution in [2.75, 3.05) is 7.05 Å². The molecule has 2 unspecified atom stereocenters. The third-order valence-corrected chi connectivity index (χ3v) is 4.38. The topological polar surface area (TPSA) is 12.0 Å². The monoisotopic (exact) mass is 289 g/mol. The SMILES string of the molecule is CNC1c2ccccc2CC1Cc1cc(Cl)ccc1F. The van der Waals surface area contributed by atoms with Crippen LogP contribution >= 0.6 is 11.6 Å². The fourth-order valence-electron chi connectivity index (χ4n) is 3.24. The number of fused-ring (bicyclic) bond motifs is 1. The van der Waals surface area contributed by atoms with E-state index < -0.39 is 0 Å². The van der Waals surface area contributed by atoms with Crippen LogP contribution in [0.1, 0.15) is 22.7 Å². The summed E-state index contributed by atoms with van der Waals surface area (Å²) in [5, 5.41) is 3.96. The molecule has 3 rings (SSSR count). The Morgan fingerprint density at radius 1 is 1.25 bits per heavy atom. The van der Waals surface area contributed by atoms with Crippen molar-refractivity contribution < 1.29 is 4.39 Å². The van der Waals surface area contributed by atoms with Crippen molar-refractivity contribution in [1.82, 2.24) is 5.32 Å². The largest absolute Gasteiger partial charge is 0.313 e. The molecule has 1 N–H and O–H groups in total. The van der Waals surface area contributed by atoms with Gasteiger partial charge in [0.2, 0.25) is 0 Å². The molecule has 0 bridgehead atoms. The zero-order valence-electron chi connectivity index (χ0n) is 11.4. The quantitative estimate of drug-likeness (QED) is 0.895. The molecule has 0 aliphatic heterocycles. The average Bonchev–Trinajstić information content (AvgIpc) is 2.80. The van der Waals surface area contributed by atoms with E-state index in [9.17, 15) is 4.39 Å². The van der Waals surface area contributed by atoms with Crippen LogP contribution in [0.2, 0.25) is 5.02 Å². The molecule has 2 atom stereocenters. The van der Waals surface area contributed by atoms with E-state index in [1.165, 1.54) is 17.2 Å². The summed E-state index contributed by atoms with van der Waals surface area (Å²) in [5.41, 5.74) is 3.40. The third-order valence-electron chi connectivity index (χ3n) is 4.14. The van der Waals surface area contributed by atoms with E-state index in [-0.39, 0.29) is 11.9 Å². The molecule has 0 saturated heterocycles. The van der Waals surface area contributed by atoms with Crippen molar-refractivity contribution in [3.05, 3.63) is 70.0 Å². The van der Waals surface area contributed by atoms with Crippen LogP contribution in [-0.4, -0.2) is 7.05 Å². The first-order chi connectivity index (χ1) is 9.69. The molecular weight excluding hydrogens is 273 g/mol. The molecule has 0 fully saturated rings. The first-order valence-electron chi connectivity index (χ1n) is 6.88. The summed E-state index contributed by atoms with van der Waals surface area (Å²) in [4.78, 5) is 0. The van der Waals surface area contributed by atoms with Gasteiger partial charge in [0, 0.05) is 11.1 Å². The van der Waals surface area contributed by atoms with E-state index in [4.69, 9.17) is 11.6 Å². The maximum absolute atomic E-state index is 13.9. The van der Waals surface area contributed by atoms with Crippen LogP contribution in [0, 0.1) is 11.7 Å². The number of hydrogen-bond acceptors (Lipinski definition) is 1. The lowest BCUT2D eigenvalue weighted by molar-refractivity contribution is 0.404. The Hall–Kier alpha value is -1.38. The van der Waals surface area contributed by atoms with Gasteiger partial charge in [-0.05, 0) is 60.7 Å². The van der Waals surface area contributed by atoms with Gasteiger partial charge < -0.3 is 5.32 Å². The second-order valence-electron chi connectivity index (χ2n) is 5.37. The zero-order chi connectivity index (χ0) is 14.1. The molecule has 104 valence electrons. The molecule has 0 radical (unpaired) electrons. The number of halogens is 2. The van der Waals surface area contributed by atoms with Crippen molar-refractivity contribution in [3.8, 4) is 0 Å². The zero-order valence-corrected chi connectivity index (χ0v) is 12.1. The van der Waals surface area contributed by atoms with Crippen LogP contribution in [0.5, 0.6) is 0 Å². The summed E-state index contributed by atoms with van der Waals surface area (Å²) in [6.07, 6.45) is 1.68. The Kier molecular flexibility index (Phi) is 3.77. The van der Waals surface area contributed by atoms with Gasteiger partial charge in [0.25, 0.3) is 0 Å². The summed E-state index contributed by atoms with van der Waals surface area (Å²) < 4.78 is 13.9. The molecule has 1 aliphatic rings. The lowest BCUT2D eigenvalue weighted by atomic mass is 9.92. The van der Waals surface area contributed by atoms with Gasteiger partial charge in [-0.25, -0.2) is 4.39 Å². The lowest BCUT2D eigenvalue weighted by Crippen LogP contribution is -2.23. The highest BCUT2D eigenvalue weighted by Gasteiger charge is 2.31. The summed E-state index contributed by atoms with van der Waals surface area (Å²) in [5.74, 6) is 0.200. The molecule has 0 saturated carbocycles. The summed E-state index contributed by atoms with van der Waals surface area (Å²) >= 11 is 5.98. The van der Waals surface area contributed by atoms with Crippen LogP contribution in [0.25, 0.3) is 0 Å². The van der Waals surface area contributed by atoms with Crippen LogP contribution in [-0.2, 0) is 12.8 Å². The lowest BCUT2D eigenvalue weighted by Gasteiger charge is -2.20. The highest BCUT2D eigenvalue weighted by molar-refractivity contribution is 6.30. The molecule has 0 amide bonds. The number of benzene rings is 2. The van der Waals surface area contributed by atoms with E-state index in [0.717, 1.165) is 6.42 Å². The minimum absolute atomic E-state index is 0.166. The number of rotatable bonds is 3. The van der Waals surface area contributed by atoms with Crippen LogP contribution in [0.4, 0.5) is 4.39 Å². The van der Waals surface area contributed by atoms with E-state index >= 15 is 0 Å². The van der Waals surface area contributed by atoms with Crippen molar-refractivity contribution >= 4 is 11.6 Å². The molecular formula is C17H17ClFN. The molecule has 0 spiro atoms. The summed E-state index contributed by atoms with van der Waals surface area (Å²) in [7, 11) is 1.97. The van der Waals surface area contributed by atoms with Gasteiger partial charge in [-0.3, -0.25) is 0 Å². The number of nitrogens with one attached hydrogen (secondary N) is 1. The molecule has 0 aromatic heterocycles. The molecule has 2 aromatic carbocycles. The molecule has 0 heterocycles. The van der Waals surface area contributed by atoms with Crippen LogP contribution in [0.15, 0.2) is 42.5 Å². The molecule has 3 heteroatoms. The first kappa shape index (κ1) is 13.6. The minimum atomic E-state index is -0.166. The highest BCUT2D eigenvalue weighted by Crippen LogP contribution is 2.38. The smallest absolute Gasteiger partial charge is 0.126 e. The van der Waals surface area contributed by atoms with Crippen molar-refractivity contribution in [2.45, 2.75) is 18.9 Å². The minimum Gasteiger partial charge on any atom is -0.313 e. The van der Waals surface area contributed by atoms with Crippen molar-refractivity contribution in [3.63, 3.8) is 0 Å². The van der Waals surface area contributed by atoms with Gasteiger partial charge in [-0.15, -0.1) is 0 Å². The Morgan fingerprint density at radius 3 is 2.85 bits per heavy atom. The fraction of sp³-hybridized carbons (Fsp3) is 0.294. The van der Waals surface area contributed by atoms with Crippen LogP contribution in [0.3, 0.4) is 0 Å². The Labute approximate surface area is 123 Å². The fourth-order valence-corrected chi connectivity index (χ4v) is 3.44. The van der Waals surface area contributed by atoms with Gasteiger partial charge in [0.1, 0.15) is 5.82 Å². The predicted octanol–water partition coefficient (Wildman–Crippen LogP) is 4.15. The third kappa shape index (κ3) is 2.46. The van der Waals surface area contributed by atoms with Crippen LogP contribution < -0.4 is 5.32 Å². The summed E-state index contributed by atoms with van der Waals surface area (Å²) in [6.45, 7) is 0. The molecule has 1 nitrogen and oxygen atoms in total. The normalized spacial score (nSPS) is 20.9. The molecule has 1 aliphatic carbocycles. The second-order valence-corrected chi connectivity index (χ2v) is 5.81. The second kappa shape index (κ2) is 5.55. The highest BCUT2D eigenvalue weighted by atomic mass is 35.5. The van der Waals surface area contributed by atoms with E-state index in [1.54, 1.807) is 12.1 Å². The van der Waals surface area contributed by atoms with Gasteiger partial charge in [-0.1, -0.05) is 35.9 Å². The Bertz CT molecular complexity index is 626. The van der Waals surface area contributed by atoms with E-state index in [0.29, 0.717) is 22.9 Å². The summed E-state index contributed by atoms with van der Waals surface area (Å²) in [6, 6.07) is 13.5. The first-order valence-corrected chi connectivity index (χ1v) is 7.26. The maximum Gasteiger partial charge on any atom is 0.126 e. The van der Waals surface area contributed by atoms with E-state index in [2.05, 4.69) is 29.6 Å². The van der Waals surface area contributed by atoms with Gasteiger partial charge in [-0.2, -0.15) is 0 Å². The van der Waals surface area contributed by atoms with Crippen molar-refractivity contribution in [2.24, 2.45) is 5.92 Å². The number of hydrogen-bond donors (Lipinski definition) is 1. The Morgan fingerprint density at radius 2 is 2.05 bits per heavy atom. The standard InChI is InChI=1S/C17H17ClFN/c1-20-17-13(8-11-4-2-3-5-15(11)17)9-12-10-14(18)6-7-16(12)19/h2-7,10,13,17,20H,8-9H2,1H3.